The number of halogens is 3. The molecule has 0 fully saturated rings. The van der Waals surface area contributed by atoms with Gasteiger partial charge in [0.2, 0.25) is 0 Å². The van der Waals surface area contributed by atoms with Crippen molar-refractivity contribution in [3.8, 4) is 22.7 Å². The van der Waals surface area contributed by atoms with Gasteiger partial charge in [0.1, 0.15) is 13.7 Å². The zero-order chi connectivity index (χ0) is 30.0. The van der Waals surface area contributed by atoms with Crippen LogP contribution >= 0.6 is 0 Å². The Kier molecular flexibility index (Phi) is 8.74. The van der Waals surface area contributed by atoms with Gasteiger partial charge in [0.05, 0.1) is 36.7 Å². The Balaban J connectivity index is 2.27. The molecule has 40 heavy (non-hydrogen) atoms. The van der Waals surface area contributed by atoms with Gasteiger partial charge in [-0.25, -0.2) is 14.6 Å². The molecule has 0 unspecified atom stereocenters. The Morgan fingerprint density at radius 3 is 2.35 bits per heavy atom. The number of esters is 1. The standard InChI is InChI=1S/C29H34F3N3O4Si/c1-19-15-21(9-10-22(19)26(36)38-5)24-17-33-25-23(16-20(18-35(24)25)11-14-40(6,7)8)34(13-12-29(30,31)32)27(37)39-28(2,3)4/h9-10,15-18H,12-13H2,1-8H3. The number of anilines is 1. The lowest BCUT2D eigenvalue weighted by Gasteiger charge is -2.28. The van der Waals surface area contributed by atoms with Crippen LogP contribution in [-0.4, -0.2) is 55.0 Å². The predicted octanol–water partition coefficient (Wildman–Crippen LogP) is 7.02. The average molecular weight is 574 g/mol. The normalized spacial score (nSPS) is 12.1. The molecular formula is C29H34F3N3O4Si. The summed E-state index contributed by atoms with van der Waals surface area (Å²) in [6.07, 6.45) is -3.33. The van der Waals surface area contributed by atoms with Crippen molar-refractivity contribution < 1.29 is 32.2 Å². The quantitative estimate of drug-likeness (QED) is 0.186. The van der Waals surface area contributed by atoms with Gasteiger partial charge in [-0.05, 0) is 51.5 Å². The first-order valence-corrected chi connectivity index (χ1v) is 16.2. The third-order valence-corrected chi connectivity index (χ3v) is 6.49. The van der Waals surface area contributed by atoms with Gasteiger partial charge in [0.15, 0.2) is 5.65 Å². The fourth-order valence-corrected chi connectivity index (χ4v) is 4.36. The number of aryl methyl sites for hydroxylation is 1. The van der Waals surface area contributed by atoms with E-state index in [1.165, 1.54) is 7.11 Å². The van der Waals surface area contributed by atoms with Crippen LogP contribution in [0.5, 0.6) is 0 Å². The summed E-state index contributed by atoms with van der Waals surface area (Å²) in [5.74, 6) is 2.68. The van der Waals surface area contributed by atoms with Gasteiger partial charge in [-0.15, -0.1) is 5.54 Å². The van der Waals surface area contributed by atoms with Crippen molar-refractivity contribution in [3.63, 3.8) is 0 Å². The summed E-state index contributed by atoms with van der Waals surface area (Å²) in [5, 5.41) is 0. The van der Waals surface area contributed by atoms with E-state index in [0.717, 1.165) is 4.90 Å². The number of nitrogens with zero attached hydrogens (tertiary/aromatic N) is 3. The van der Waals surface area contributed by atoms with Gasteiger partial charge in [-0.1, -0.05) is 31.6 Å². The topological polar surface area (TPSA) is 73.1 Å². The molecule has 0 bridgehead atoms. The monoisotopic (exact) mass is 573 g/mol. The van der Waals surface area contributed by atoms with Crippen LogP contribution in [0.25, 0.3) is 16.9 Å². The van der Waals surface area contributed by atoms with E-state index in [4.69, 9.17) is 9.47 Å². The second-order valence-electron chi connectivity index (χ2n) is 11.5. The number of carbonyl (C=O) groups is 2. The maximum atomic E-state index is 13.3. The summed E-state index contributed by atoms with van der Waals surface area (Å²) in [5.41, 5.74) is 5.65. The van der Waals surface area contributed by atoms with Crippen LogP contribution in [0, 0.1) is 18.4 Å². The van der Waals surface area contributed by atoms with Gasteiger partial charge in [-0.3, -0.25) is 9.30 Å². The molecule has 2 aromatic heterocycles. The number of amides is 1. The third kappa shape index (κ3) is 7.88. The van der Waals surface area contributed by atoms with E-state index in [9.17, 15) is 22.8 Å². The number of pyridine rings is 1. The fourth-order valence-electron chi connectivity index (χ4n) is 3.84. The largest absolute Gasteiger partial charge is 0.465 e. The first kappa shape index (κ1) is 30.8. The molecule has 3 aromatic rings. The lowest BCUT2D eigenvalue weighted by atomic mass is 10.0. The number of rotatable bonds is 5. The van der Waals surface area contributed by atoms with E-state index in [-0.39, 0.29) is 11.3 Å². The first-order valence-electron chi connectivity index (χ1n) is 12.7. The highest BCUT2D eigenvalue weighted by Gasteiger charge is 2.33. The lowest BCUT2D eigenvalue weighted by molar-refractivity contribution is -0.132. The Labute approximate surface area is 233 Å². The number of aromatic nitrogens is 2. The van der Waals surface area contributed by atoms with Gasteiger partial charge < -0.3 is 9.47 Å². The van der Waals surface area contributed by atoms with Crippen LogP contribution < -0.4 is 4.90 Å². The highest BCUT2D eigenvalue weighted by Crippen LogP contribution is 2.32. The van der Waals surface area contributed by atoms with Gasteiger partial charge in [0.25, 0.3) is 0 Å². The van der Waals surface area contributed by atoms with E-state index in [2.05, 4.69) is 36.1 Å². The van der Waals surface area contributed by atoms with Crippen molar-refractivity contribution in [2.45, 2.75) is 65.5 Å². The molecule has 1 aromatic carbocycles. The average Bonchev–Trinajstić information content (AvgIpc) is 3.24. The molecule has 3 rings (SSSR count). The number of hydrogen-bond acceptors (Lipinski definition) is 5. The molecule has 0 spiro atoms. The summed E-state index contributed by atoms with van der Waals surface area (Å²) in [7, 11) is -0.514. The molecule has 0 aliphatic carbocycles. The van der Waals surface area contributed by atoms with Gasteiger partial charge >= 0.3 is 18.2 Å². The highest BCUT2D eigenvalue weighted by atomic mass is 28.3. The van der Waals surface area contributed by atoms with E-state index < -0.39 is 44.9 Å². The Hall–Kier alpha value is -3.78. The van der Waals surface area contributed by atoms with Gasteiger partial charge in [0, 0.05) is 23.9 Å². The number of fused-ring (bicyclic) bond motifs is 1. The maximum absolute atomic E-state index is 13.3. The molecule has 7 nitrogen and oxygen atoms in total. The maximum Gasteiger partial charge on any atom is 0.414 e. The van der Waals surface area contributed by atoms with Crippen LogP contribution in [0.4, 0.5) is 23.7 Å². The van der Waals surface area contributed by atoms with Gasteiger partial charge in [-0.2, -0.15) is 13.2 Å². The van der Waals surface area contributed by atoms with Crippen LogP contribution in [0.1, 0.15) is 48.7 Å². The second kappa shape index (κ2) is 11.4. The molecule has 0 N–H and O–H groups in total. The fraction of sp³-hybridized carbons (Fsp3) is 0.414. The zero-order valence-electron chi connectivity index (χ0n) is 24.0. The molecular weight excluding hydrogens is 539 g/mol. The predicted molar refractivity (Wildman–Crippen MR) is 151 cm³/mol. The molecule has 0 aliphatic heterocycles. The molecule has 11 heteroatoms. The van der Waals surface area contributed by atoms with Crippen molar-refractivity contribution in [1.29, 1.82) is 0 Å². The minimum absolute atomic E-state index is 0.148. The number of imidazole rings is 1. The SMILES string of the molecule is COC(=O)c1ccc(-c2cnc3c(N(CCC(F)(F)F)C(=O)OC(C)(C)C)cc(C#C[Si](C)(C)C)cn23)cc1C. The van der Waals surface area contributed by atoms with E-state index in [1.54, 1.807) is 68.8 Å². The number of hydrogen-bond donors (Lipinski definition) is 0. The Bertz CT molecular complexity index is 1490. The number of ether oxygens (including phenoxy) is 2. The number of alkyl halides is 3. The van der Waals surface area contributed by atoms with Crippen molar-refractivity contribution >= 4 is 31.5 Å². The van der Waals surface area contributed by atoms with Crippen molar-refractivity contribution in [2.75, 3.05) is 18.6 Å². The van der Waals surface area contributed by atoms with E-state index in [1.807, 2.05) is 0 Å². The van der Waals surface area contributed by atoms with Crippen molar-refractivity contribution in [1.82, 2.24) is 9.38 Å². The van der Waals surface area contributed by atoms with Crippen LogP contribution in [-0.2, 0) is 9.47 Å². The lowest BCUT2D eigenvalue weighted by Crippen LogP contribution is -2.39. The zero-order valence-corrected chi connectivity index (χ0v) is 25.0. The summed E-state index contributed by atoms with van der Waals surface area (Å²) < 4.78 is 51.9. The molecule has 0 saturated heterocycles. The van der Waals surface area contributed by atoms with E-state index in [0.29, 0.717) is 27.9 Å². The summed E-state index contributed by atoms with van der Waals surface area (Å²) in [4.78, 5) is 30.8. The molecule has 0 radical (unpaired) electrons. The van der Waals surface area contributed by atoms with Crippen LogP contribution in [0.2, 0.25) is 19.6 Å². The molecule has 214 valence electrons. The number of methoxy groups -OCH3 is 1. The molecule has 0 atom stereocenters. The molecule has 0 aliphatic rings. The van der Waals surface area contributed by atoms with E-state index >= 15 is 0 Å². The Morgan fingerprint density at radius 2 is 1.80 bits per heavy atom. The summed E-state index contributed by atoms with van der Waals surface area (Å²) >= 11 is 0. The second-order valence-corrected chi connectivity index (χ2v) is 16.2. The van der Waals surface area contributed by atoms with Crippen LogP contribution in [0.15, 0.2) is 36.7 Å². The smallest absolute Gasteiger partial charge is 0.414 e. The minimum atomic E-state index is -4.49. The Morgan fingerprint density at radius 1 is 1.12 bits per heavy atom. The number of benzene rings is 1. The summed E-state index contributed by atoms with van der Waals surface area (Å²) in [6, 6.07) is 6.75. The minimum Gasteiger partial charge on any atom is -0.465 e. The molecule has 1 amide bonds. The highest BCUT2D eigenvalue weighted by molar-refractivity contribution is 6.83. The number of carbonyl (C=O) groups excluding carboxylic acids is 2. The molecule has 0 saturated carbocycles. The molecule has 2 heterocycles. The van der Waals surface area contributed by atoms with Crippen molar-refractivity contribution in [2.24, 2.45) is 0 Å². The van der Waals surface area contributed by atoms with Crippen molar-refractivity contribution in [3.05, 3.63) is 53.3 Å². The summed E-state index contributed by atoms with van der Waals surface area (Å²) in [6.45, 7) is 12.3. The third-order valence-electron chi connectivity index (χ3n) is 5.62. The first-order chi connectivity index (χ1) is 18.4. The van der Waals surface area contributed by atoms with Crippen LogP contribution in [0.3, 0.4) is 0 Å².